The number of ether oxygens (including phenoxy) is 1. The predicted octanol–water partition coefficient (Wildman–Crippen LogP) is 3.32. The number of anilines is 1. The fourth-order valence-electron chi connectivity index (χ4n) is 2.96. The van der Waals surface area contributed by atoms with Crippen LogP contribution in [0, 0.1) is 23.0 Å². The minimum absolute atomic E-state index is 0.0280. The van der Waals surface area contributed by atoms with Crippen molar-refractivity contribution < 1.29 is 18.3 Å². The number of likely N-dealkylation sites (tertiary alicyclic amines) is 1. The summed E-state index contributed by atoms with van der Waals surface area (Å²) in [5.41, 5.74) is 1.24. The minimum atomic E-state index is -0.725. The van der Waals surface area contributed by atoms with Crippen molar-refractivity contribution in [2.45, 2.75) is 18.9 Å². The van der Waals surface area contributed by atoms with Crippen LogP contribution in [0.3, 0.4) is 0 Å². The highest BCUT2D eigenvalue weighted by Gasteiger charge is 2.24. The molecule has 2 aromatic carbocycles. The van der Waals surface area contributed by atoms with Gasteiger partial charge in [-0.1, -0.05) is 6.07 Å². The van der Waals surface area contributed by atoms with E-state index >= 15 is 0 Å². The molecule has 1 fully saturated rings. The molecule has 1 heterocycles. The molecule has 1 amide bonds. The van der Waals surface area contributed by atoms with E-state index in [-0.39, 0.29) is 24.3 Å². The molecular formula is C20H19F2N3O2. The van der Waals surface area contributed by atoms with Gasteiger partial charge in [0.05, 0.1) is 18.2 Å². The summed E-state index contributed by atoms with van der Waals surface area (Å²) in [6, 6.07) is 12.2. The molecule has 0 saturated carbocycles. The van der Waals surface area contributed by atoms with Gasteiger partial charge in [-0.15, -0.1) is 0 Å². The van der Waals surface area contributed by atoms with Gasteiger partial charge in [-0.05, 0) is 30.3 Å². The molecule has 5 nitrogen and oxygen atoms in total. The number of amides is 1. The Kier molecular flexibility index (Phi) is 5.87. The molecule has 1 saturated heterocycles. The van der Waals surface area contributed by atoms with E-state index in [2.05, 4.69) is 11.4 Å². The van der Waals surface area contributed by atoms with Crippen LogP contribution in [0.2, 0.25) is 0 Å². The van der Waals surface area contributed by atoms with Gasteiger partial charge in [0.1, 0.15) is 11.9 Å². The topological polar surface area (TPSA) is 65.4 Å². The summed E-state index contributed by atoms with van der Waals surface area (Å²) in [6.45, 7) is 1.14. The zero-order valence-corrected chi connectivity index (χ0v) is 14.6. The standard InChI is InChI=1S/C20H19F2N3O2/c21-15-4-5-19(18(22)11-15)27-17-6-8-25(9-7-17)20(26)13-24-16-3-1-2-14(10-16)12-23/h1-5,10-11,17,24H,6-9,13H2. The number of carbonyl (C=O) groups is 1. The molecule has 0 unspecified atom stereocenters. The van der Waals surface area contributed by atoms with Gasteiger partial charge in [-0.2, -0.15) is 5.26 Å². The van der Waals surface area contributed by atoms with Crippen LogP contribution in [-0.4, -0.2) is 36.5 Å². The van der Waals surface area contributed by atoms with Crippen LogP contribution >= 0.6 is 0 Å². The number of rotatable bonds is 5. The number of hydrogen-bond acceptors (Lipinski definition) is 4. The molecule has 7 heteroatoms. The van der Waals surface area contributed by atoms with Crippen LogP contribution in [0.5, 0.6) is 5.75 Å². The molecule has 1 N–H and O–H groups in total. The first-order valence-corrected chi connectivity index (χ1v) is 8.68. The van der Waals surface area contributed by atoms with E-state index in [0.717, 1.165) is 12.1 Å². The highest BCUT2D eigenvalue weighted by molar-refractivity contribution is 5.81. The van der Waals surface area contributed by atoms with Crippen molar-refractivity contribution in [3.8, 4) is 11.8 Å². The van der Waals surface area contributed by atoms with E-state index in [9.17, 15) is 13.6 Å². The zero-order chi connectivity index (χ0) is 19.2. The van der Waals surface area contributed by atoms with Crippen LogP contribution in [0.4, 0.5) is 14.5 Å². The molecule has 1 aliphatic rings. The van der Waals surface area contributed by atoms with Crippen molar-refractivity contribution >= 4 is 11.6 Å². The Bertz CT molecular complexity index is 859. The van der Waals surface area contributed by atoms with E-state index < -0.39 is 11.6 Å². The summed E-state index contributed by atoms with van der Waals surface area (Å²) < 4.78 is 32.2. The van der Waals surface area contributed by atoms with Gasteiger partial charge < -0.3 is 15.0 Å². The third-order valence-corrected chi connectivity index (χ3v) is 4.42. The Morgan fingerprint density at radius 2 is 2.00 bits per heavy atom. The van der Waals surface area contributed by atoms with Crippen LogP contribution in [0.1, 0.15) is 18.4 Å². The van der Waals surface area contributed by atoms with Crippen LogP contribution in [-0.2, 0) is 4.79 Å². The maximum Gasteiger partial charge on any atom is 0.241 e. The van der Waals surface area contributed by atoms with Gasteiger partial charge in [-0.25, -0.2) is 8.78 Å². The summed E-state index contributed by atoms with van der Waals surface area (Å²) in [6.07, 6.45) is 0.938. The highest BCUT2D eigenvalue weighted by atomic mass is 19.1. The lowest BCUT2D eigenvalue weighted by atomic mass is 10.1. The lowest BCUT2D eigenvalue weighted by Crippen LogP contribution is -2.44. The summed E-state index contributed by atoms with van der Waals surface area (Å²) in [7, 11) is 0. The molecule has 27 heavy (non-hydrogen) atoms. The molecule has 0 aliphatic carbocycles. The molecule has 2 aromatic rings. The summed E-state index contributed by atoms with van der Waals surface area (Å²) in [5, 5.41) is 11.9. The molecular weight excluding hydrogens is 352 g/mol. The lowest BCUT2D eigenvalue weighted by molar-refractivity contribution is -0.131. The summed E-state index contributed by atoms with van der Waals surface area (Å²) in [5.74, 6) is -1.39. The summed E-state index contributed by atoms with van der Waals surface area (Å²) >= 11 is 0. The van der Waals surface area contributed by atoms with E-state index in [1.807, 2.05) is 0 Å². The Morgan fingerprint density at radius 3 is 2.70 bits per heavy atom. The molecule has 0 bridgehead atoms. The number of benzene rings is 2. The SMILES string of the molecule is N#Cc1cccc(NCC(=O)N2CCC(Oc3ccc(F)cc3F)CC2)c1. The van der Waals surface area contributed by atoms with E-state index in [1.54, 1.807) is 29.2 Å². The van der Waals surface area contributed by atoms with Crippen molar-refractivity contribution in [2.24, 2.45) is 0 Å². The number of nitrogens with one attached hydrogen (secondary N) is 1. The van der Waals surface area contributed by atoms with Crippen LogP contribution in [0.15, 0.2) is 42.5 Å². The van der Waals surface area contributed by atoms with Gasteiger partial charge >= 0.3 is 0 Å². The van der Waals surface area contributed by atoms with Crippen molar-refractivity contribution in [1.82, 2.24) is 4.90 Å². The van der Waals surface area contributed by atoms with Crippen LogP contribution < -0.4 is 10.1 Å². The fraction of sp³-hybridized carbons (Fsp3) is 0.300. The van der Waals surface area contributed by atoms with Crippen molar-refractivity contribution in [2.75, 3.05) is 25.0 Å². The molecule has 3 rings (SSSR count). The van der Waals surface area contributed by atoms with Gasteiger partial charge in [-0.3, -0.25) is 4.79 Å². The van der Waals surface area contributed by atoms with Gasteiger partial charge in [0.25, 0.3) is 0 Å². The smallest absolute Gasteiger partial charge is 0.241 e. The number of piperidine rings is 1. The third-order valence-electron chi connectivity index (χ3n) is 4.42. The fourth-order valence-corrected chi connectivity index (χ4v) is 2.96. The van der Waals surface area contributed by atoms with Crippen molar-refractivity contribution in [3.05, 3.63) is 59.7 Å². The molecule has 1 aliphatic heterocycles. The largest absolute Gasteiger partial charge is 0.487 e. The Labute approximate surface area is 156 Å². The Balaban J connectivity index is 1.47. The number of hydrogen-bond donors (Lipinski definition) is 1. The molecule has 0 radical (unpaired) electrons. The maximum atomic E-state index is 13.7. The van der Waals surface area contributed by atoms with E-state index in [4.69, 9.17) is 10.00 Å². The van der Waals surface area contributed by atoms with Gasteiger partial charge in [0, 0.05) is 37.7 Å². The third kappa shape index (κ3) is 4.94. The van der Waals surface area contributed by atoms with Gasteiger partial charge in [0.2, 0.25) is 5.91 Å². The average molecular weight is 371 g/mol. The Hall–Kier alpha value is -3.14. The predicted molar refractivity (Wildman–Crippen MR) is 96.2 cm³/mol. The molecule has 0 aromatic heterocycles. The second-order valence-electron chi connectivity index (χ2n) is 6.32. The first kappa shape index (κ1) is 18.6. The average Bonchev–Trinajstić information content (AvgIpc) is 2.69. The number of nitrogens with zero attached hydrogens (tertiary/aromatic N) is 2. The normalized spacial score (nSPS) is 14.5. The minimum Gasteiger partial charge on any atom is -0.487 e. The van der Waals surface area contributed by atoms with Gasteiger partial charge in [0.15, 0.2) is 11.6 Å². The maximum absolute atomic E-state index is 13.7. The number of carbonyl (C=O) groups excluding carboxylic acids is 1. The van der Waals surface area contributed by atoms with Crippen molar-refractivity contribution in [3.63, 3.8) is 0 Å². The van der Waals surface area contributed by atoms with E-state index in [0.29, 0.717) is 37.2 Å². The summed E-state index contributed by atoms with van der Waals surface area (Å²) in [4.78, 5) is 14.1. The molecule has 140 valence electrons. The second-order valence-corrected chi connectivity index (χ2v) is 6.32. The first-order valence-electron chi connectivity index (χ1n) is 8.68. The Morgan fingerprint density at radius 1 is 1.22 bits per heavy atom. The number of nitriles is 1. The second kappa shape index (κ2) is 8.49. The quantitative estimate of drug-likeness (QED) is 0.876. The van der Waals surface area contributed by atoms with Crippen molar-refractivity contribution in [1.29, 1.82) is 5.26 Å². The molecule has 0 spiro atoms. The van der Waals surface area contributed by atoms with E-state index in [1.165, 1.54) is 6.07 Å². The molecule has 0 atom stereocenters. The highest BCUT2D eigenvalue weighted by Crippen LogP contribution is 2.23. The lowest BCUT2D eigenvalue weighted by Gasteiger charge is -2.32. The number of halogens is 2. The zero-order valence-electron chi connectivity index (χ0n) is 14.6. The first-order chi connectivity index (χ1) is 13.0. The monoisotopic (exact) mass is 371 g/mol. The van der Waals surface area contributed by atoms with Crippen LogP contribution in [0.25, 0.3) is 0 Å².